The zero-order valence-electron chi connectivity index (χ0n) is 17.1. The van der Waals surface area contributed by atoms with Crippen molar-refractivity contribution < 1.29 is 14.6 Å². The van der Waals surface area contributed by atoms with Crippen molar-refractivity contribution in [2.45, 2.75) is 17.7 Å². The fourth-order valence-corrected chi connectivity index (χ4v) is 6.37. The number of thiazole rings is 1. The van der Waals surface area contributed by atoms with Gasteiger partial charge < -0.3 is 9.80 Å². The molecule has 1 atom stereocenters. The van der Waals surface area contributed by atoms with Crippen LogP contribution in [0.5, 0.6) is 0 Å². The highest BCUT2D eigenvalue weighted by Crippen LogP contribution is 2.35. The number of sulfonamides is 1. The fourth-order valence-electron chi connectivity index (χ4n) is 4.32. The van der Waals surface area contributed by atoms with Gasteiger partial charge in [0.2, 0.25) is 5.91 Å². The van der Waals surface area contributed by atoms with E-state index in [2.05, 4.69) is 14.6 Å². The summed E-state index contributed by atoms with van der Waals surface area (Å²) in [5.74, 6) is 0.0234. The van der Waals surface area contributed by atoms with E-state index < -0.39 is 10.0 Å². The molecular weight excluding hydrogens is 468 g/mol. The normalized spacial score (nSPS) is 18.1. The molecule has 10 heteroatoms. The van der Waals surface area contributed by atoms with E-state index in [0.29, 0.717) is 23.2 Å². The summed E-state index contributed by atoms with van der Waals surface area (Å²) in [4.78, 5) is 21.3. The Bertz CT molecular complexity index is 1250. The van der Waals surface area contributed by atoms with Crippen LogP contribution in [-0.4, -0.2) is 38.9 Å². The van der Waals surface area contributed by atoms with Crippen LogP contribution in [0.4, 0.5) is 16.5 Å². The molecule has 2 aromatic carbocycles. The Balaban J connectivity index is 0.00000259. The molecule has 1 amide bonds. The molecule has 0 saturated carbocycles. The van der Waals surface area contributed by atoms with Crippen LogP contribution in [0.25, 0.3) is 0 Å². The van der Waals surface area contributed by atoms with E-state index in [0.717, 1.165) is 36.3 Å². The third-order valence-corrected chi connectivity index (χ3v) is 8.47. The maximum absolute atomic E-state index is 13.2. The minimum absolute atomic E-state index is 0. The highest BCUT2D eigenvalue weighted by Gasteiger charge is 2.35. The predicted molar refractivity (Wildman–Crippen MR) is 129 cm³/mol. The van der Waals surface area contributed by atoms with Crippen molar-refractivity contribution in [1.82, 2.24) is 4.98 Å². The fraction of sp³-hybridized carbons (Fsp3) is 0.273. The minimum Gasteiger partial charge on any atom is -0.371 e. The number of nitrogens with one attached hydrogen (secondary N) is 1. The summed E-state index contributed by atoms with van der Waals surface area (Å²) < 4.78 is 27.5. The number of rotatable bonds is 5. The van der Waals surface area contributed by atoms with Crippen LogP contribution in [0.3, 0.4) is 0 Å². The van der Waals surface area contributed by atoms with Crippen LogP contribution in [-0.2, 0) is 21.2 Å². The smallest absolute Gasteiger partial charge is 0.263 e. The number of amides is 1. The first-order valence-corrected chi connectivity index (χ1v) is 13.0. The molecule has 1 fully saturated rings. The van der Waals surface area contributed by atoms with Gasteiger partial charge in [-0.3, -0.25) is 9.52 Å². The van der Waals surface area contributed by atoms with Gasteiger partial charge in [-0.25, -0.2) is 13.4 Å². The van der Waals surface area contributed by atoms with Gasteiger partial charge in [0.25, 0.3) is 10.0 Å². The summed E-state index contributed by atoms with van der Waals surface area (Å²) in [5, 5.41) is 2.76. The number of hydrogen-bond donors (Lipinski definition) is 1. The van der Waals surface area contributed by atoms with Crippen molar-refractivity contribution in [2.75, 3.05) is 34.2 Å². The SMILES string of the molecule is O=C(C1CCN(c2ccc(S(=O)(=O)Nc3nccs3)cc2)C1)N1CCc2c(Cl)cccc21.[HH]. The highest BCUT2D eigenvalue weighted by atomic mass is 35.5. The third kappa shape index (κ3) is 3.96. The van der Waals surface area contributed by atoms with Crippen LogP contribution in [0, 0.1) is 5.92 Å². The molecule has 0 bridgehead atoms. The average molecular weight is 491 g/mol. The molecule has 3 aromatic rings. The van der Waals surface area contributed by atoms with Crippen LogP contribution in [0.15, 0.2) is 58.9 Å². The van der Waals surface area contributed by atoms with Crippen LogP contribution in [0.1, 0.15) is 13.4 Å². The van der Waals surface area contributed by atoms with Crippen LogP contribution < -0.4 is 14.5 Å². The first kappa shape index (κ1) is 21.2. The second-order valence-electron chi connectivity index (χ2n) is 7.85. The van der Waals surface area contributed by atoms with E-state index in [-0.39, 0.29) is 18.1 Å². The lowest BCUT2D eigenvalue weighted by molar-refractivity contribution is -0.121. The molecule has 1 aromatic heterocycles. The lowest BCUT2D eigenvalue weighted by Crippen LogP contribution is -2.36. The monoisotopic (exact) mass is 490 g/mol. The lowest BCUT2D eigenvalue weighted by Gasteiger charge is -2.23. The van der Waals surface area contributed by atoms with Gasteiger partial charge in [-0.1, -0.05) is 17.7 Å². The second-order valence-corrected chi connectivity index (χ2v) is 10.8. The maximum atomic E-state index is 13.2. The number of fused-ring (bicyclic) bond motifs is 1. The van der Waals surface area contributed by atoms with E-state index in [9.17, 15) is 13.2 Å². The molecule has 0 aliphatic carbocycles. The van der Waals surface area contributed by atoms with Crippen molar-refractivity contribution >= 4 is 55.4 Å². The van der Waals surface area contributed by atoms with Gasteiger partial charge in [0.15, 0.2) is 5.13 Å². The summed E-state index contributed by atoms with van der Waals surface area (Å²) in [6, 6.07) is 12.4. The predicted octanol–water partition coefficient (Wildman–Crippen LogP) is 4.26. The Hall–Kier alpha value is -2.62. The Labute approximate surface area is 197 Å². The number of anilines is 3. The zero-order valence-corrected chi connectivity index (χ0v) is 19.5. The van der Waals surface area contributed by atoms with E-state index >= 15 is 0 Å². The Morgan fingerprint density at radius 2 is 2.00 bits per heavy atom. The number of benzene rings is 2. The van der Waals surface area contributed by atoms with Gasteiger partial charge in [0.1, 0.15) is 0 Å². The number of carbonyl (C=O) groups excluding carboxylic acids is 1. The lowest BCUT2D eigenvalue weighted by atomic mass is 10.1. The summed E-state index contributed by atoms with van der Waals surface area (Å²) in [7, 11) is -3.68. The number of nitrogens with zero attached hydrogens (tertiary/aromatic N) is 3. The molecule has 2 aliphatic rings. The maximum Gasteiger partial charge on any atom is 0.263 e. The van der Waals surface area contributed by atoms with Gasteiger partial charge in [0, 0.05) is 49.0 Å². The van der Waals surface area contributed by atoms with Crippen LogP contribution in [0.2, 0.25) is 5.02 Å². The van der Waals surface area contributed by atoms with E-state index in [1.165, 1.54) is 11.3 Å². The van der Waals surface area contributed by atoms with Crippen molar-refractivity contribution in [3.63, 3.8) is 0 Å². The Morgan fingerprint density at radius 3 is 2.75 bits per heavy atom. The standard InChI is InChI=1S/C22H21ClN4O3S2.H2/c23-19-2-1-3-20-18(19)9-12-27(20)21(28)15-8-11-26(14-15)16-4-6-17(7-5-16)32(29,30)25-22-24-10-13-31-22;/h1-7,10,13,15H,8-9,11-12,14H2,(H,24,25);1H. The van der Waals surface area contributed by atoms with Gasteiger partial charge in [-0.05, 0) is 54.8 Å². The summed E-state index contributed by atoms with van der Waals surface area (Å²) in [5.41, 5.74) is 2.86. The van der Waals surface area contributed by atoms with E-state index in [1.807, 2.05) is 23.1 Å². The van der Waals surface area contributed by atoms with Gasteiger partial charge in [0.05, 0.1) is 10.8 Å². The molecule has 7 nitrogen and oxygen atoms in total. The van der Waals surface area contributed by atoms with Crippen molar-refractivity contribution in [2.24, 2.45) is 5.92 Å². The molecule has 1 N–H and O–H groups in total. The quantitative estimate of drug-likeness (QED) is 0.577. The summed E-state index contributed by atoms with van der Waals surface area (Å²) >= 11 is 7.52. The van der Waals surface area contributed by atoms with Crippen molar-refractivity contribution in [3.05, 3.63) is 64.6 Å². The topological polar surface area (TPSA) is 82.6 Å². The molecule has 3 heterocycles. The van der Waals surface area contributed by atoms with Crippen molar-refractivity contribution in [3.8, 4) is 0 Å². The summed E-state index contributed by atoms with van der Waals surface area (Å²) in [6.07, 6.45) is 3.09. The third-order valence-electron chi connectivity index (χ3n) is 5.94. The van der Waals surface area contributed by atoms with Gasteiger partial charge >= 0.3 is 0 Å². The average Bonchev–Trinajstić information content (AvgIpc) is 3.54. The molecule has 1 saturated heterocycles. The highest BCUT2D eigenvalue weighted by molar-refractivity contribution is 7.93. The zero-order chi connectivity index (χ0) is 22.3. The number of carbonyl (C=O) groups is 1. The van der Waals surface area contributed by atoms with Gasteiger partial charge in [-0.15, -0.1) is 11.3 Å². The molecule has 168 valence electrons. The first-order chi connectivity index (χ1) is 15.4. The van der Waals surface area contributed by atoms with E-state index in [4.69, 9.17) is 11.6 Å². The molecule has 0 spiro atoms. The molecule has 2 aliphatic heterocycles. The minimum atomic E-state index is -3.68. The molecule has 32 heavy (non-hydrogen) atoms. The largest absolute Gasteiger partial charge is 0.371 e. The number of halogens is 1. The second kappa shape index (κ2) is 8.38. The van der Waals surface area contributed by atoms with Crippen LogP contribution >= 0.6 is 22.9 Å². The van der Waals surface area contributed by atoms with E-state index in [1.54, 1.807) is 35.8 Å². The first-order valence-electron chi connectivity index (χ1n) is 10.3. The Kier molecular flexibility index (Phi) is 5.56. The van der Waals surface area contributed by atoms with Crippen molar-refractivity contribution in [1.29, 1.82) is 0 Å². The Morgan fingerprint density at radius 1 is 1.19 bits per heavy atom. The molecule has 5 rings (SSSR count). The molecule has 0 radical (unpaired) electrons. The number of hydrogen-bond acceptors (Lipinski definition) is 6. The summed E-state index contributed by atoms with van der Waals surface area (Å²) in [6.45, 7) is 2.01. The molecule has 1 unspecified atom stereocenters. The number of aromatic nitrogens is 1. The van der Waals surface area contributed by atoms with Gasteiger partial charge in [-0.2, -0.15) is 0 Å². The molecular formula is C22H23ClN4O3S2.